The third-order valence-electron chi connectivity index (χ3n) is 5.35. The Balaban J connectivity index is 2.40. The van der Waals surface area contributed by atoms with Crippen molar-refractivity contribution in [2.45, 2.75) is 39.8 Å². The van der Waals surface area contributed by atoms with Crippen LogP contribution in [0, 0.1) is 6.92 Å². The summed E-state index contributed by atoms with van der Waals surface area (Å²) in [4.78, 5) is 27.6. The smallest absolute Gasteiger partial charge is 0.244 e. The van der Waals surface area contributed by atoms with Crippen molar-refractivity contribution in [1.29, 1.82) is 0 Å². The third-order valence-corrected chi connectivity index (χ3v) is 6.71. The summed E-state index contributed by atoms with van der Waals surface area (Å²) >= 11 is 6.10. The van der Waals surface area contributed by atoms with Gasteiger partial charge >= 0.3 is 0 Å². The average molecular weight is 510 g/mol. The lowest BCUT2D eigenvalue weighted by Crippen LogP contribution is -2.51. The summed E-state index contributed by atoms with van der Waals surface area (Å²) in [6.45, 7) is 5.43. The molecule has 0 aliphatic heterocycles. The van der Waals surface area contributed by atoms with E-state index in [1.165, 1.54) is 11.0 Å². The Morgan fingerprint density at radius 1 is 1.15 bits per heavy atom. The predicted molar refractivity (Wildman–Crippen MR) is 135 cm³/mol. The van der Waals surface area contributed by atoms with Gasteiger partial charge in [0.15, 0.2) is 0 Å². The van der Waals surface area contributed by atoms with E-state index in [9.17, 15) is 18.0 Å². The van der Waals surface area contributed by atoms with E-state index >= 15 is 0 Å². The van der Waals surface area contributed by atoms with Gasteiger partial charge in [0.2, 0.25) is 21.8 Å². The molecule has 2 amide bonds. The molecule has 0 saturated carbocycles. The van der Waals surface area contributed by atoms with Crippen LogP contribution in [0.2, 0.25) is 5.02 Å². The molecule has 34 heavy (non-hydrogen) atoms. The lowest BCUT2D eigenvalue weighted by Gasteiger charge is -2.32. The van der Waals surface area contributed by atoms with Crippen molar-refractivity contribution in [2.75, 3.05) is 30.8 Å². The van der Waals surface area contributed by atoms with Crippen molar-refractivity contribution < 1.29 is 22.7 Å². The van der Waals surface area contributed by atoms with E-state index in [0.29, 0.717) is 28.6 Å². The quantitative estimate of drug-likeness (QED) is 0.501. The molecule has 0 aromatic heterocycles. The summed E-state index contributed by atoms with van der Waals surface area (Å²) in [5.41, 5.74) is 1.74. The Bertz CT molecular complexity index is 1110. The maximum absolute atomic E-state index is 13.5. The monoisotopic (exact) mass is 509 g/mol. The first kappa shape index (κ1) is 27.5. The van der Waals surface area contributed by atoms with Crippen molar-refractivity contribution in [3.05, 3.63) is 58.6 Å². The zero-order valence-corrected chi connectivity index (χ0v) is 21.7. The molecule has 0 radical (unpaired) electrons. The van der Waals surface area contributed by atoms with Crippen molar-refractivity contribution in [1.82, 2.24) is 10.2 Å². The van der Waals surface area contributed by atoms with Gasteiger partial charge in [0.05, 0.1) is 19.1 Å². The molecule has 0 heterocycles. The van der Waals surface area contributed by atoms with Gasteiger partial charge in [-0.05, 0) is 55.7 Å². The Morgan fingerprint density at radius 3 is 2.35 bits per heavy atom. The number of amides is 2. The highest BCUT2D eigenvalue weighted by atomic mass is 35.5. The van der Waals surface area contributed by atoms with Crippen LogP contribution in [0.15, 0.2) is 42.5 Å². The van der Waals surface area contributed by atoms with Gasteiger partial charge in [-0.3, -0.25) is 13.9 Å². The number of methoxy groups -OCH3 is 1. The topological polar surface area (TPSA) is 96.0 Å². The van der Waals surface area contributed by atoms with E-state index in [1.54, 1.807) is 57.4 Å². The van der Waals surface area contributed by atoms with E-state index in [4.69, 9.17) is 16.3 Å². The van der Waals surface area contributed by atoms with Crippen LogP contribution in [0.5, 0.6) is 5.75 Å². The number of carbonyl (C=O) groups excluding carboxylic acids is 2. The van der Waals surface area contributed by atoms with Crippen LogP contribution in [0.3, 0.4) is 0 Å². The fraction of sp³-hybridized carbons (Fsp3) is 0.417. The average Bonchev–Trinajstić information content (AvgIpc) is 2.80. The number of hydrogen-bond acceptors (Lipinski definition) is 5. The van der Waals surface area contributed by atoms with E-state index in [1.807, 2.05) is 6.92 Å². The van der Waals surface area contributed by atoms with Crippen molar-refractivity contribution in [2.24, 2.45) is 0 Å². The van der Waals surface area contributed by atoms with E-state index in [2.05, 4.69) is 5.32 Å². The van der Waals surface area contributed by atoms with Crippen LogP contribution in [0.25, 0.3) is 0 Å². The first-order valence-corrected chi connectivity index (χ1v) is 13.1. The van der Waals surface area contributed by atoms with Crippen molar-refractivity contribution in [3.8, 4) is 5.75 Å². The van der Waals surface area contributed by atoms with Crippen LogP contribution in [-0.4, -0.2) is 57.6 Å². The first-order chi connectivity index (χ1) is 16.0. The van der Waals surface area contributed by atoms with Crippen LogP contribution >= 0.6 is 11.6 Å². The number of sulfonamides is 1. The predicted octanol–water partition coefficient (Wildman–Crippen LogP) is 3.37. The van der Waals surface area contributed by atoms with Gasteiger partial charge in [0, 0.05) is 18.1 Å². The number of nitrogens with one attached hydrogen (secondary N) is 1. The fourth-order valence-electron chi connectivity index (χ4n) is 3.35. The molecule has 0 bridgehead atoms. The highest BCUT2D eigenvalue weighted by Crippen LogP contribution is 2.27. The minimum Gasteiger partial charge on any atom is -0.497 e. The molecular weight excluding hydrogens is 478 g/mol. The zero-order valence-electron chi connectivity index (χ0n) is 20.2. The normalized spacial score (nSPS) is 12.1. The van der Waals surface area contributed by atoms with Gasteiger partial charge in [-0.1, -0.05) is 36.7 Å². The second-order valence-corrected chi connectivity index (χ2v) is 10.4. The molecule has 186 valence electrons. The Labute approximate surface area is 206 Å². The third kappa shape index (κ3) is 7.36. The number of halogens is 1. The first-order valence-electron chi connectivity index (χ1n) is 10.9. The van der Waals surface area contributed by atoms with Gasteiger partial charge in [-0.15, -0.1) is 0 Å². The summed E-state index contributed by atoms with van der Waals surface area (Å²) in [6.07, 6.45) is 1.78. The SMILES string of the molecule is CCCNC(=O)C(C)N(Cc1ccc(OC)cc1)C(=O)CN(c1cc(Cl)ccc1C)S(C)(=O)=O. The van der Waals surface area contributed by atoms with Gasteiger partial charge in [-0.25, -0.2) is 8.42 Å². The number of anilines is 1. The maximum atomic E-state index is 13.5. The fourth-order valence-corrected chi connectivity index (χ4v) is 4.42. The number of aryl methyl sites for hydroxylation is 1. The van der Waals surface area contributed by atoms with Gasteiger partial charge in [0.25, 0.3) is 0 Å². The van der Waals surface area contributed by atoms with E-state index in [-0.39, 0.29) is 12.5 Å². The van der Waals surface area contributed by atoms with Crippen molar-refractivity contribution in [3.63, 3.8) is 0 Å². The van der Waals surface area contributed by atoms with Crippen LogP contribution in [-0.2, 0) is 26.2 Å². The van der Waals surface area contributed by atoms with E-state index in [0.717, 1.165) is 22.5 Å². The number of carbonyl (C=O) groups is 2. The summed E-state index contributed by atoms with van der Waals surface area (Å²) < 4.78 is 31.5. The highest BCUT2D eigenvalue weighted by molar-refractivity contribution is 7.92. The van der Waals surface area contributed by atoms with E-state index < -0.39 is 28.5 Å². The molecule has 0 fully saturated rings. The lowest BCUT2D eigenvalue weighted by molar-refractivity contribution is -0.139. The number of hydrogen-bond donors (Lipinski definition) is 1. The lowest BCUT2D eigenvalue weighted by atomic mass is 10.1. The molecule has 0 aliphatic carbocycles. The standard InChI is InChI=1S/C24H32ClN3O5S/c1-6-13-26-24(30)18(3)27(15-19-8-11-21(33-4)12-9-19)23(29)16-28(34(5,31)32)22-14-20(25)10-7-17(22)2/h7-12,14,18H,6,13,15-16H2,1-5H3,(H,26,30). The Morgan fingerprint density at radius 2 is 1.79 bits per heavy atom. The maximum Gasteiger partial charge on any atom is 0.244 e. The van der Waals surface area contributed by atoms with Crippen LogP contribution in [0.1, 0.15) is 31.4 Å². The Hall–Kier alpha value is -2.78. The van der Waals surface area contributed by atoms with Gasteiger partial charge in [-0.2, -0.15) is 0 Å². The highest BCUT2D eigenvalue weighted by Gasteiger charge is 2.30. The largest absolute Gasteiger partial charge is 0.497 e. The van der Waals surface area contributed by atoms with Gasteiger partial charge in [0.1, 0.15) is 18.3 Å². The summed E-state index contributed by atoms with van der Waals surface area (Å²) in [7, 11) is -2.26. The Kier molecular flexibility index (Phi) is 9.76. The molecule has 1 atom stereocenters. The molecule has 0 aliphatic rings. The number of rotatable bonds is 11. The molecule has 0 spiro atoms. The summed E-state index contributed by atoms with van der Waals surface area (Å²) in [5, 5.41) is 3.15. The summed E-state index contributed by atoms with van der Waals surface area (Å²) in [5.74, 6) is -0.164. The second kappa shape index (κ2) is 12.1. The van der Waals surface area contributed by atoms with Crippen LogP contribution in [0.4, 0.5) is 5.69 Å². The molecule has 2 aromatic carbocycles. The minimum absolute atomic E-state index is 0.121. The second-order valence-electron chi connectivity index (χ2n) is 8.04. The molecular formula is C24H32ClN3O5S. The molecule has 1 N–H and O–H groups in total. The molecule has 2 rings (SSSR count). The molecule has 2 aromatic rings. The molecule has 1 unspecified atom stereocenters. The molecule has 8 nitrogen and oxygen atoms in total. The number of ether oxygens (including phenoxy) is 1. The van der Waals surface area contributed by atoms with Crippen LogP contribution < -0.4 is 14.4 Å². The summed E-state index contributed by atoms with van der Waals surface area (Å²) in [6, 6.07) is 11.2. The number of nitrogens with zero attached hydrogens (tertiary/aromatic N) is 2. The number of benzene rings is 2. The molecule has 10 heteroatoms. The minimum atomic E-state index is -3.82. The molecule has 0 saturated heterocycles. The van der Waals surface area contributed by atoms with Crippen molar-refractivity contribution >= 4 is 39.1 Å². The van der Waals surface area contributed by atoms with Gasteiger partial charge < -0.3 is 15.0 Å². The zero-order chi connectivity index (χ0) is 25.5.